The van der Waals surface area contributed by atoms with E-state index in [1.165, 1.54) is 16.9 Å². The minimum atomic E-state index is -0.133. The molecule has 0 fully saturated rings. The first-order valence-electron chi connectivity index (χ1n) is 10.4. The molecule has 0 spiro atoms. The van der Waals surface area contributed by atoms with E-state index >= 15 is 0 Å². The number of nitrogens with one attached hydrogen (secondary N) is 1. The van der Waals surface area contributed by atoms with Gasteiger partial charge in [-0.15, -0.1) is 22.7 Å². The minimum absolute atomic E-state index is 0.0295. The Hall–Kier alpha value is -2.84. The van der Waals surface area contributed by atoms with E-state index in [0.717, 1.165) is 51.4 Å². The number of amides is 1. The van der Waals surface area contributed by atoms with Gasteiger partial charge in [-0.25, -0.2) is 9.97 Å². The number of hydrogen-bond donors (Lipinski definition) is 1. The minimum Gasteiger partial charge on any atom is -0.326 e. The quantitative estimate of drug-likeness (QED) is 0.474. The number of carbonyl (C=O) groups is 1. The number of rotatable bonds is 5. The number of thiophene rings is 1. The number of thiazole rings is 1. The number of fused-ring (bicyclic) bond motifs is 3. The van der Waals surface area contributed by atoms with Crippen LogP contribution in [0.1, 0.15) is 34.7 Å². The van der Waals surface area contributed by atoms with Gasteiger partial charge < -0.3 is 5.32 Å². The van der Waals surface area contributed by atoms with Gasteiger partial charge in [0.15, 0.2) is 0 Å². The highest BCUT2D eigenvalue weighted by atomic mass is 32.1. The maximum Gasteiger partial charge on any atom is 0.262 e. The molecular weight excluding hydrogens is 428 g/mol. The molecule has 1 aliphatic rings. The maximum atomic E-state index is 13.0. The van der Waals surface area contributed by atoms with E-state index in [2.05, 4.69) is 15.3 Å². The number of aryl methyl sites for hydroxylation is 4. The van der Waals surface area contributed by atoms with Crippen molar-refractivity contribution in [2.75, 3.05) is 5.32 Å². The smallest absolute Gasteiger partial charge is 0.262 e. The average Bonchev–Trinajstić information content (AvgIpc) is 3.37. The summed E-state index contributed by atoms with van der Waals surface area (Å²) in [6, 6.07) is 7.66. The van der Waals surface area contributed by atoms with Crippen molar-refractivity contribution in [3.05, 3.63) is 61.8 Å². The number of hydrogen-bond acceptors (Lipinski definition) is 6. The van der Waals surface area contributed by atoms with Crippen molar-refractivity contribution in [3.63, 3.8) is 0 Å². The topological polar surface area (TPSA) is 76.9 Å². The molecule has 1 aromatic carbocycles. The SMILES string of the molecule is Cc1nc(-c2cccc(NC(=O)CCn3cnc4sc5c(c4c3=O)CCCC5)c2)cs1. The summed E-state index contributed by atoms with van der Waals surface area (Å²) >= 11 is 3.24. The van der Waals surface area contributed by atoms with Crippen molar-refractivity contribution < 1.29 is 4.79 Å². The highest BCUT2D eigenvalue weighted by molar-refractivity contribution is 7.18. The van der Waals surface area contributed by atoms with Gasteiger partial charge in [-0.2, -0.15) is 0 Å². The molecule has 5 rings (SSSR count). The highest BCUT2D eigenvalue weighted by Crippen LogP contribution is 2.33. The molecule has 31 heavy (non-hydrogen) atoms. The maximum absolute atomic E-state index is 13.0. The van der Waals surface area contributed by atoms with Gasteiger partial charge >= 0.3 is 0 Å². The zero-order valence-corrected chi connectivity index (χ0v) is 18.8. The second kappa shape index (κ2) is 8.36. The van der Waals surface area contributed by atoms with E-state index in [9.17, 15) is 9.59 Å². The fraction of sp³-hybridized carbons (Fsp3) is 0.304. The standard InChI is InChI=1S/C23H22N4O2S2/c1-14-25-18(12-30-14)15-5-4-6-16(11-15)26-20(28)9-10-27-13-24-22-21(23(27)29)17-7-2-3-8-19(17)31-22/h4-6,11-13H,2-3,7-10H2,1H3,(H,26,28). The summed E-state index contributed by atoms with van der Waals surface area (Å²) in [6.07, 6.45) is 6.07. The highest BCUT2D eigenvalue weighted by Gasteiger charge is 2.20. The molecule has 0 unspecified atom stereocenters. The Bertz CT molecular complexity index is 1340. The molecule has 3 heterocycles. The zero-order chi connectivity index (χ0) is 21.4. The first-order valence-corrected chi connectivity index (χ1v) is 12.1. The Kier molecular flexibility index (Phi) is 5.41. The van der Waals surface area contributed by atoms with Gasteiger partial charge in [0.1, 0.15) is 4.83 Å². The first kappa shape index (κ1) is 20.1. The van der Waals surface area contributed by atoms with Gasteiger partial charge in [-0.1, -0.05) is 12.1 Å². The van der Waals surface area contributed by atoms with Crippen LogP contribution in [-0.4, -0.2) is 20.4 Å². The molecule has 0 aliphatic heterocycles. The van der Waals surface area contributed by atoms with Gasteiger partial charge in [-0.3, -0.25) is 14.2 Å². The van der Waals surface area contributed by atoms with Crippen LogP contribution in [0.25, 0.3) is 21.5 Å². The van der Waals surface area contributed by atoms with Crippen molar-refractivity contribution in [3.8, 4) is 11.3 Å². The van der Waals surface area contributed by atoms with Crippen LogP contribution in [0.3, 0.4) is 0 Å². The molecule has 6 nitrogen and oxygen atoms in total. The molecule has 0 saturated carbocycles. The van der Waals surface area contributed by atoms with E-state index in [-0.39, 0.29) is 17.9 Å². The van der Waals surface area contributed by atoms with E-state index in [1.807, 2.05) is 36.6 Å². The van der Waals surface area contributed by atoms with E-state index in [0.29, 0.717) is 6.54 Å². The van der Waals surface area contributed by atoms with Crippen LogP contribution in [0.5, 0.6) is 0 Å². The van der Waals surface area contributed by atoms with E-state index in [4.69, 9.17) is 0 Å². The second-order valence-corrected chi connectivity index (χ2v) is 9.91. The van der Waals surface area contributed by atoms with Crippen LogP contribution in [-0.2, 0) is 24.2 Å². The Labute approximate surface area is 187 Å². The molecule has 3 aromatic heterocycles. The van der Waals surface area contributed by atoms with Crippen molar-refractivity contribution in [2.24, 2.45) is 0 Å². The average molecular weight is 451 g/mol. The van der Waals surface area contributed by atoms with Crippen molar-refractivity contribution >= 4 is 44.5 Å². The summed E-state index contributed by atoms with van der Waals surface area (Å²) in [4.78, 5) is 36.7. The van der Waals surface area contributed by atoms with E-state index in [1.54, 1.807) is 33.6 Å². The Balaban J connectivity index is 1.29. The van der Waals surface area contributed by atoms with Gasteiger partial charge in [0.25, 0.3) is 5.56 Å². The fourth-order valence-corrected chi connectivity index (χ4v) is 5.88. The van der Waals surface area contributed by atoms with Crippen LogP contribution in [0.15, 0.2) is 40.8 Å². The number of nitrogens with zero attached hydrogens (tertiary/aromatic N) is 3. The third-order valence-electron chi connectivity index (χ3n) is 5.58. The number of benzene rings is 1. The van der Waals surface area contributed by atoms with Gasteiger partial charge in [0, 0.05) is 34.5 Å². The lowest BCUT2D eigenvalue weighted by Crippen LogP contribution is -2.24. The third kappa shape index (κ3) is 4.05. The summed E-state index contributed by atoms with van der Waals surface area (Å²) in [7, 11) is 0. The molecule has 158 valence electrons. The van der Waals surface area contributed by atoms with Gasteiger partial charge in [0.2, 0.25) is 5.91 Å². The summed E-state index contributed by atoms with van der Waals surface area (Å²) in [6.45, 7) is 2.28. The number of anilines is 1. The normalized spacial score (nSPS) is 13.3. The lowest BCUT2D eigenvalue weighted by atomic mass is 9.97. The van der Waals surface area contributed by atoms with Crippen molar-refractivity contribution in [1.82, 2.24) is 14.5 Å². The predicted octanol–water partition coefficient (Wildman–Crippen LogP) is 4.80. The Morgan fingerprint density at radius 3 is 2.97 bits per heavy atom. The van der Waals surface area contributed by atoms with Crippen LogP contribution in [0, 0.1) is 6.92 Å². The fourth-order valence-electron chi connectivity index (χ4n) is 4.04. The summed E-state index contributed by atoms with van der Waals surface area (Å²) in [5.41, 5.74) is 3.74. The lowest BCUT2D eigenvalue weighted by Gasteiger charge is -2.11. The largest absolute Gasteiger partial charge is 0.326 e. The molecule has 0 saturated heterocycles. The molecule has 1 amide bonds. The van der Waals surface area contributed by atoms with Crippen LogP contribution in [0.4, 0.5) is 5.69 Å². The molecule has 1 aliphatic carbocycles. The molecule has 0 bridgehead atoms. The first-order chi connectivity index (χ1) is 15.1. The van der Waals surface area contributed by atoms with Crippen molar-refractivity contribution in [1.29, 1.82) is 0 Å². The van der Waals surface area contributed by atoms with Crippen LogP contribution in [0.2, 0.25) is 0 Å². The Morgan fingerprint density at radius 1 is 1.26 bits per heavy atom. The molecular formula is C23H22N4O2S2. The molecule has 8 heteroatoms. The predicted molar refractivity (Wildman–Crippen MR) is 126 cm³/mol. The van der Waals surface area contributed by atoms with E-state index < -0.39 is 0 Å². The lowest BCUT2D eigenvalue weighted by molar-refractivity contribution is -0.116. The van der Waals surface area contributed by atoms with Crippen LogP contribution < -0.4 is 10.9 Å². The molecule has 1 N–H and O–H groups in total. The summed E-state index contributed by atoms with van der Waals surface area (Å²) in [5.74, 6) is -0.133. The van der Waals surface area contributed by atoms with Gasteiger partial charge in [0.05, 0.1) is 22.4 Å². The monoisotopic (exact) mass is 450 g/mol. The number of carbonyl (C=O) groups excluding carboxylic acids is 1. The third-order valence-corrected chi connectivity index (χ3v) is 7.56. The van der Waals surface area contributed by atoms with Crippen molar-refractivity contribution in [2.45, 2.75) is 45.6 Å². The summed E-state index contributed by atoms with van der Waals surface area (Å²) in [5, 5.41) is 6.71. The Morgan fingerprint density at radius 2 is 2.13 bits per heavy atom. The van der Waals surface area contributed by atoms with Gasteiger partial charge in [-0.05, 0) is 50.3 Å². The van der Waals surface area contributed by atoms with Crippen LogP contribution >= 0.6 is 22.7 Å². The molecule has 0 radical (unpaired) electrons. The number of aromatic nitrogens is 3. The molecule has 0 atom stereocenters. The second-order valence-electron chi connectivity index (χ2n) is 7.76. The molecule has 4 aromatic rings. The zero-order valence-electron chi connectivity index (χ0n) is 17.2. The summed E-state index contributed by atoms with van der Waals surface area (Å²) < 4.78 is 1.57.